The fraction of sp³-hybridized carbons (Fsp3) is 0.846. The van der Waals surface area contributed by atoms with Gasteiger partial charge in [-0.15, -0.1) is 0 Å². The average molecular weight is 270 g/mol. The number of hydrogen-bond acceptors (Lipinski definition) is 4. The number of hydrogen-bond donors (Lipinski definition) is 2. The first-order valence-corrected chi connectivity index (χ1v) is 6.97. The lowest BCUT2D eigenvalue weighted by atomic mass is 9.98. The van der Waals surface area contributed by atoms with Crippen LogP contribution in [-0.4, -0.2) is 60.8 Å². The van der Waals surface area contributed by atoms with Crippen molar-refractivity contribution in [3.05, 3.63) is 0 Å². The van der Waals surface area contributed by atoms with Gasteiger partial charge in [0.15, 0.2) is 0 Å². The molecule has 0 saturated carbocycles. The van der Waals surface area contributed by atoms with Crippen LogP contribution in [0, 0.1) is 5.92 Å². The van der Waals surface area contributed by atoms with Gasteiger partial charge in [0.05, 0.1) is 12.5 Å². The smallest absolute Gasteiger partial charge is 0.307 e. The summed E-state index contributed by atoms with van der Waals surface area (Å²) < 4.78 is 5.24. The SMILES string of the molecule is O=C(CN1CCCC(C(=O)O)C1)NC1CCOCC1. The molecule has 0 spiro atoms. The molecule has 0 aliphatic carbocycles. The zero-order valence-corrected chi connectivity index (χ0v) is 11.1. The Bertz CT molecular complexity index is 329. The first-order chi connectivity index (χ1) is 9.15. The fourth-order valence-corrected chi connectivity index (χ4v) is 2.72. The Balaban J connectivity index is 1.73. The normalized spacial score (nSPS) is 26.0. The third kappa shape index (κ3) is 4.47. The van der Waals surface area contributed by atoms with Crippen molar-refractivity contribution < 1.29 is 19.4 Å². The van der Waals surface area contributed by atoms with Crippen LogP contribution in [0.25, 0.3) is 0 Å². The molecule has 2 N–H and O–H groups in total. The molecule has 19 heavy (non-hydrogen) atoms. The first kappa shape index (κ1) is 14.3. The molecule has 2 heterocycles. The van der Waals surface area contributed by atoms with E-state index in [1.807, 2.05) is 4.90 Å². The summed E-state index contributed by atoms with van der Waals surface area (Å²) in [5.41, 5.74) is 0. The Morgan fingerprint density at radius 2 is 2.00 bits per heavy atom. The molecule has 6 heteroatoms. The average Bonchev–Trinajstić information content (AvgIpc) is 2.40. The van der Waals surface area contributed by atoms with E-state index in [-0.39, 0.29) is 17.9 Å². The number of carbonyl (C=O) groups excluding carboxylic acids is 1. The Morgan fingerprint density at radius 3 is 2.68 bits per heavy atom. The molecule has 2 fully saturated rings. The minimum Gasteiger partial charge on any atom is -0.481 e. The van der Waals surface area contributed by atoms with Crippen molar-refractivity contribution in [1.82, 2.24) is 10.2 Å². The van der Waals surface area contributed by atoms with Crippen LogP contribution >= 0.6 is 0 Å². The number of ether oxygens (including phenoxy) is 1. The Labute approximate surface area is 113 Å². The highest BCUT2D eigenvalue weighted by Crippen LogP contribution is 2.16. The topological polar surface area (TPSA) is 78.9 Å². The van der Waals surface area contributed by atoms with Crippen LogP contribution in [0.1, 0.15) is 25.7 Å². The maximum Gasteiger partial charge on any atom is 0.307 e. The monoisotopic (exact) mass is 270 g/mol. The molecule has 0 radical (unpaired) electrons. The standard InChI is InChI=1S/C13H22N2O4/c16-12(14-11-3-6-19-7-4-11)9-15-5-1-2-10(8-15)13(17)18/h10-11H,1-9H2,(H,14,16)(H,17,18). The lowest BCUT2D eigenvalue weighted by Crippen LogP contribution is -2.47. The maximum atomic E-state index is 11.9. The summed E-state index contributed by atoms with van der Waals surface area (Å²) in [6, 6.07) is 0.210. The van der Waals surface area contributed by atoms with E-state index in [0.717, 1.165) is 25.8 Å². The minimum absolute atomic E-state index is 0.00191. The molecule has 0 aromatic carbocycles. The summed E-state index contributed by atoms with van der Waals surface area (Å²) in [7, 11) is 0. The number of piperidine rings is 1. The first-order valence-electron chi connectivity index (χ1n) is 6.97. The summed E-state index contributed by atoms with van der Waals surface area (Å²) in [6.07, 6.45) is 3.29. The van der Waals surface area contributed by atoms with Gasteiger partial charge >= 0.3 is 5.97 Å². The predicted molar refractivity (Wildman–Crippen MR) is 68.8 cm³/mol. The lowest BCUT2D eigenvalue weighted by molar-refractivity contribution is -0.144. The van der Waals surface area contributed by atoms with E-state index < -0.39 is 5.97 Å². The van der Waals surface area contributed by atoms with Crippen molar-refractivity contribution in [1.29, 1.82) is 0 Å². The maximum absolute atomic E-state index is 11.9. The number of rotatable bonds is 4. The molecule has 6 nitrogen and oxygen atoms in total. The van der Waals surface area contributed by atoms with Gasteiger partial charge in [0, 0.05) is 25.8 Å². The molecule has 2 rings (SSSR count). The summed E-state index contributed by atoms with van der Waals surface area (Å²) >= 11 is 0. The highest BCUT2D eigenvalue weighted by atomic mass is 16.5. The van der Waals surface area contributed by atoms with Crippen LogP contribution in [0.4, 0.5) is 0 Å². The fourth-order valence-electron chi connectivity index (χ4n) is 2.72. The molecule has 108 valence electrons. The van der Waals surface area contributed by atoms with Gasteiger partial charge in [-0.3, -0.25) is 14.5 Å². The van der Waals surface area contributed by atoms with Crippen LogP contribution in [0.15, 0.2) is 0 Å². The van der Waals surface area contributed by atoms with Crippen LogP contribution in [0.3, 0.4) is 0 Å². The highest BCUT2D eigenvalue weighted by Gasteiger charge is 2.26. The molecule has 1 amide bonds. The second-order valence-corrected chi connectivity index (χ2v) is 5.37. The van der Waals surface area contributed by atoms with Crippen LogP contribution in [0.5, 0.6) is 0 Å². The Kier molecular flexibility index (Phi) is 5.15. The molecule has 2 aliphatic rings. The van der Waals surface area contributed by atoms with E-state index in [4.69, 9.17) is 9.84 Å². The van der Waals surface area contributed by atoms with Crippen LogP contribution in [-0.2, 0) is 14.3 Å². The third-order valence-corrected chi connectivity index (χ3v) is 3.81. The summed E-state index contributed by atoms with van der Waals surface area (Å²) in [6.45, 7) is 3.01. The van der Waals surface area contributed by atoms with Gasteiger partial charge in [-0.05, 0) is 32.2 Å². The van der Waals surface area contributed by atoms with Gasteiger partial charge in [0.25, 0.3) is 0 Å². The van der Waals surface area contributed by atoms with E-state index in [9.17, 15) is 9.59 Å². The van der Waals surface area contributed by atoms with Crippen molar-refractivity contribution >= 4 is 11.9 Å². The van der Waals surface area contributed by atoms with Crippen molar-refractivity contribution in [2.75, 3.05) is 32.8 Å². The quantitative estimate of drug-likeness (QED) is 0.756. The molecule has 1 atom stereocenters. The zero-order chi connectivity index (χ0) is 13.7. The molecular formula is C13H22N2O4. The van der Waals surface area contributed by atoms with Crippen molar-refractivity contribution in [3.63, 3.8) is 0 Å². The number of carboxylic acid groups (broad SMARTS) is 1. The molecule has 1 unspecified atom stereocenters. The van der Waals surface area contributed by atoms with Gasteiger partial charge in [-0.25, -0.2) is 0 Å². The van der Waals surface area contributed by atoms with Gasteiger partial charge < -0.3 is 15.2 Å². The van der Waals surface area contributed by atoms with Crippen molar-refractivity contribution in [2.24, 2.45) is 5.92 Å². The summed E-state index contributed by atoms with van der Waals surface area (Å²) in [5.74, 6) is -1.09. The van der Waals surface area contributed by atoms with E-state index in [1.54, 1.807) is 0 Å². The van der Waals surface area contributed by atoms with Crippen LogP contribution < -0.4 is 5.32 Å². The van der Waals surface area contributed by atoms with Crippen LogP contribution in [0.2, 0.25) is 0 Å². The van der Waals surface area contributed by atoms with Gasteiger partial charge in [0.2, 0.25) is 5.91 Å². The number of nitrogens with one attached hydrogen (secondary N) is 1. The molecular weight excluding hydrogens is 248 g/mol. The Morgan fingerprint density at radius 1 is 1.26 bits per heavy atom. The van der Waals surface area contributed by atoms with Gasteiger partial charge in [0.1, 0.15) is 0 Å². The summed E-state index contributed by atoms with van der Waals surface area (Å²) in [5, 5.41) is 12.0. The minimum atomic E-state index is -0.755. The van der Waals surface area contributed by atoms with Gasteiger partial charge in [-0.1, -0.05) is 0 Å². The zero-order valence-electron chi connectivity index (χ0n) is 11.1. The Hall–Kier alpha value is -1.14. The molecule has 2 aliphatic heterocycles. The van der Waals surface area contributed by atoms with Crippen molar-refractivity contribution in [3.8, 4) is 0 Å². The largest absolute Gasteiger partial charge is 0.481 e. The van der Waals surface area contributed by atoms with E-state index in [2.05, 4.69) is 5.32 Å². The van der Waals surface area contributed by atoms with E-state index in [1.165, 1.54) is 0 Å². The molecule has 0 aromatic rings. The number of amides is 1. The van der Waals surface area contributed by atoms with E-state index >= 15 is 0 Å². The lowest BCUT2D eigenvalue weighted by Gasteiger charge is -2.31. The number of nitrogens with zero attached hydrogens (tertiary/aromatic N) is 1. The van der Waals surface area contributed by atoms with Crippen molar-refractivity contribution in [2.45, 2.75) is 31.7 Å². The van der Waals surface area contributed by atoms with E-state index in [0.29, 0.717) is 32.7 Å². The second-order valence-electron chi connectivity index (χ2n) is 5.37. The number of aliphatic carboxylic acids is 1. The number of likely N-dealkylation sites (tertiary alicyclic amines) is 1. The van der Waals surface area contributed by atoms with Gasteiger partial charge in [-0.2, -0.15) is 0 Å². The number of carbonyl (C=O) groups is 2. The second kappa shape index (κ2) is 6.86. The third-order valence-electron chi connectivity index (χ3n) is 3.81. The highest BCUT2D eigenvalue weighted by molar-refractivity contribution is 5.78. The molecule has 0 aromatic heterocycles. The molecule has 2 saturated heterocycles. The molecule has 0 bridgehead atoms. The summed E-state index contributed by atoms with van der Waals surface area (Å²) in [4.78, 5) is 24.8. The predicted octanol–water partition coefficient (Wildman–Crippen LogP) is 0.0782. The number of carboxylic acids is 1.